The predicted molar refractivity (Wildman–Crippen MR) is 74.6 cm³/mol. The standard InChI is InChI=1S/C14H11ClN2OS/c15-10-3-1-2-4-11(10)18-8-13-17-14(9-5-6-9)12(7-16)19-13/h1-4,9H,5-6,8H2. The highest BCUT2D eigenvalue weighted by molar-refractivity contribution is 7.12. The molecule has 0 atom stereocenters. The number of aromatic nitrogens is 1. The van der Waals surface area contributed by atoms with Crippen molar-refractivity contribution in [1.29, 1.82) is 5.26 Å². The molecule has 0 unspecified atom stereocenters. The highest BCUT2D eigenvalue weighted by atomic mass is 35.5. The van der Waals surface area contributed by atoms with Gasteiger partial charge in [-0.05, 0) is 25.0 Å². The monoisotopic (exact) mass is 290 g/mol. The number of nitriles is 1. The van der Waals surface area contributed by atoms with E-state index in [4.69, 9.17) is 21.6 Å². The Balaban J connectivity index is 1.74. The lowest BCUT2D eigenvalue weighted by Gasteiger charge is -2.05. The number of hydrogen-bond acceptors (Lipinski definition) is 4. The number of thiazole rings is 1. The zero-order valence-corrected chi connectivity index (χ0v) is 11.7. The number of nitrogens with zero attached hydrogens (tertiary/aromatic N) is 2. The minimum absolute atomic E-state index is 0.357. The van der Waals surface area contributed by atoms with E-state index in [0.717, 1.165) is 28.4 Å². The molecule has 3 nitrogen and oxygen atoms in total. The second-order valence-electron chi connectivity index (χ2n) is 4.43. The molecular weight excluding hydrogens is 280 g/mol. The van der Waals surface area contributed by atoms with Crippen LogP contribution >= 0.6 is 22.9 Å². The Hall–Kier alpha value is -1.57. The van der Waals surface area contributed by atoms with Crippen molar-refractivity contribution in [2.45, 2.75) is 25.4 Å². The maximum absolute atomic E-state index is 9.10. The van der Waals surface area contributed by atoms with Gasteiger partial charge in [-0.2, -0.15) is 5.26 Å². The van der Waals surface area contributed by atoms with Crippen LogP contribution in [-0.2, 0) is 6.61 Å². The summed E-state index contributed by atoms with van der Waals surface area (Å²) < 4.78 is 5.64. The fourth-order valence-electron chi connectivity index (χ4n) is 1.85. The molecular formula is C14H11ClN2OS. The Morgan fingerprint density at radius 1 is 1.42 bits per heavy atom. The Morgan fingerprint density at radius 3 is 2.89 bits per heavy atom. The first-order valence-electron chi connectivity index (χ1n) is 6.05. The molecule has 1 aliphatic carbocycles. The van der Waals surface area contributed by atoms with Gasteiger partial charge in [0.2, 0.25) is 0 Å². The summed E-state index contributed by atoms with van der Waals surface area (Å²) in [4.78, 5) is 5.24. The van der Waals surface area contributed by atoms with Crippen molar-refractivity contribution in [3.05, 3.63) is 44.9 Å². The summed E-state index contributed by atoms with van der Waals surface area (Å²) in [6, 6.07) is 9.56. The van der Waals surface area contributed by atoms with Crippen molar-refractivity contribution >= 4 is 22.9 Å². The van der Waals surface area contributed by atoms with Crippen LogP contribution < -0.4 is 4.74 Å². The second kappa shape index (κ2) is 5.20. The van der Waals surface area contributed by atoms with E-state index in [1.165, 1.54) is 11.3 Å². The molecule has 1 aromatic carbocycles. The lowest BCUT2D eigenvalue weighted by molar-refractivity contribution is 0.305. The molecule has 1 heterocycles. The van der Waals surface area contributed by atoms with Gasteiger partial charge in [-0.3, -0.25) is 0 Å². The van der Waals surface area contributed by atoms with Gasteiger partial charge in [0, 0.05) is 5.92 Å². The summed E-state index contributed by atoms with van der Waals surface area (Å²) in [5, 5.41) is 10.5. The van der Waals surface area contributed by atoms with Gasteiger partial charge in [-0.15, -0.1) is 11.3 Å². The molecule has 1 fully saturated rings. The lowest BCUT2D eigenvalue weighted by atomic mass is 10.3. The van der Waals surface area contributed by atoms with E-state index < -0.39 is 0 Å². The minimum atomic E-state index is 0.357. The fraction of sp³-hybridized carbons (Fsp3) is 0.286. The van der Waals surface area contributed by atoms with Crippen molar-refractivity contribution in [3.8, 4) is 11.8 Å². The molecule has 1 aliphatic rings. The largest absolute Gasteiger partial charge is 0.485 e. The molecule has 5 heteroatoms. The number of para-hydroxylation sites is 1. The lowest BCUT2D eigenvalue weighted by Crippen LogP contribution is -1.95. The maximum atomic E-state index is 9.10. The van der Waals surface area contributed by atoms with Crippen molar-refractivity contribution < 1.29 is 4.74 Å². The molecule has 0 aliphatic heterocycles. The SMILES string of the molecule is N#Cc1sc(COc2ccccc2Cl)nc1C1CC1. The third kappa shape index (κ3) is 2.73. The Morgan fingerprint density at radius 2 is 2.21 bits per heavy atom. The van der Waals surface area contributed by atoms with Crippen molar-refractivity contribution in [1.82, 2.24) is 4.98 Å². The first-order valence-corrected chi connectivity index (χ1v) is 7.24. The molecule has 96 valence electrons. The van der Waals surface area contributed by atoms with Gasteiger partial charge in [0.15, 0.2) is 0 Å². The first kappa shape index (κ1) is 12.5. The third-order valence-corrected chi connectivity index (χ3v) is 4.21. The number of hydrogen-bond donors (Lipinski definition) is 0. The number of benzene rings is 1. The summed E-state index contributed by atoms with van der Waals surface area (Å²) in [7, 11) is 0. The number of rotatable bonds is 4. The average Bonchev–Trinajstić information content (AvgIpc) is 3.18. The van der Waals surface area contributed by atoms with E-state index in [9.17, 15) is 0 Å². The molecule has 3 rings (SSSR count). The van der Waals surface area contributed by atoms with E-state index >= 15 is 0 Å². The van der Waals surface area contributed by atoms with Crippen LogP contribution in [0.4, 0.5) is 0 Å². The first-order chi connectivity index (χ1) is 9.28. The van der Waals surface area contributed by atoms with Crippen LogP contribution in [0.3, 0.4) is 0 Å². The van der Waals surface area contributed by atoms with Crippen LogP contribution in [0.25, 0.3) is 0 Å². The van der Waals surface area contributed by atoms with Crippen LogP contribution in [0.2, 0.25) is 5.02 Å². The normalized spacial score (nSPS) is 14.1. The predicted octanol–water partition coefficient (Wildman–Crippen LogP) is 4.12. The Bertz CT molecular complexity index is 643. The zero-order chi connectivity index (χ0) is 13.2. The highest BCUT2D eigenvalue weighted by Gasteiger charge is 2.29. The molecule has 0 saturated heterocycles. The van der Waals surface area contributed by atoms with E-state index in [2.05, 4.69) is 11.1 Å². The highest BCUT2D eigenvalue weighted by Crippen LogP contribution is 2.42. The average molecular weight is 291 g/mol. The molecule has 0 amide bonds. The topological polar surface area (TPSA) is 45.9 Å². The van der Waals surface area contributed by atoms with Crippen LogP contribution in [0, 0.1) is 11.3 Å². The van der Waals surface area contributed by atoms with Gasteiger partial charge in [-0.25, -0.2) is 4.98 Å². The minimum Gasteiger partial charge on any atom is -0.485 e. The van der Waals surface area contributed by atoms with Gasteiger partial charge in [0.05, 0.1) is 10.7 Å². The molecule has 0 radical (unpaired) electrons. The molecule has 19 heavy (non-hydrogen) atoms. The Kier molecular flexibility index (Phi) is 3.41. The van der Waals surface area contributed by atoms with Crippen molar-refractivity contribution in [3.63, 3.8) is 0 Å². The molecule has 2 aromatic rings. The maximum Gasteiger partial charge on any atom is 0.140 e. The van der Waals surface area contributed by atoms with Crippen molar-refractivity contribution in [2.75, 3.05) is 0 Å². The fourth-order valence-corrected chi connectivity index (χ4v) is 2.90. The second-order valence-corrected chi connectivity index (χ2v) is 5.92. The van der Waals surface area contributed by atoms with Gasteiger partial charge in [-0.1, -0.05) is 23.7 Å². The van der Waals surface area contributed by atoms with Gasteiger partial charge in [0.1, 0.15) is 28.3 Å². The van der Waals surface area contributed by atoms with E-state index in [1.807, 2.05) is 18.2 Å². The summed E-state index contributed by atoms with van der Waals surface area (Å²) >= 11 is 7.43. The molecule has 1 aromatic heterocycles. The van der Waals surface area contributed by atoms with E-state index in [-0.39, 0.29) is 0 Å². The molecule has 0 N–H and O–H groups in total. The van der Waals surface area contributed by atoms with Crippen molar-refractivity contribution in [2.24, 2.45) is 0 Å². The summed E-state index contributed by atoms with van der Waals surface area (Å²) in [6.07, 6.45) is 2.28. The quantitative estimate of drug-likeness (QED) is 0.851. The molecule has 0 spiro atoms. The van der Waals surface area contributed by atoms with Crippen LogP contribution in [0.15, 0.2) is 24.3 Å². The van der Waals surface area contributed by atoms with E-state index in [1.54, 1.807) is 6.07 Å². The molecule has 0 bridgehead atoms. The van der Waals surface area contributed by atoms with Crippen LogP contribution in [-0.4, -0.2) is 4.98 Å². The van der Waals surface area contributed by atoms with Gasteiger partial charge < -0.3 is 4.74 Å². The smallest absolute Gasteiger partial charge is 0.140 e. The summed E-state index contributed by atoms with van der Waals surface area (Å²) in [5.74, 6) is 1.13. The van der Waals surface area contributed by atoms with E-state index in [0.29, 0.717) is 23.3 Å². The molecule has 1 saturated carbocycles. The third-order valence-electron chi connectivity index (χ3n) is 2.95. The van der Waals surface area contributed by atoms with Gasteiger partial charge in [0.25, 0.3) is 0 Å². The number of halogens is 1. The van der Waals surface area contributed by atoms with Crippen LogP contribution in [0.1, 0.15) is 34.3 Å². The summed E-state index contributed by atoms with van der Waals surface area (Å²) in [5.41, 5.74) is 0.949. The summed E-state index contributed by atoms with van der Waals surface area (Å²) in [6.45, 7) is 0.357. The zero-order valence-electron chi connectivity index (χ0n) is 10.1. The number of ether oxygens (including phenoxy) is 1. The van der Waals surface area contributed by atoms with Gasteiger partial charge >= 0.3 is 0 Å². The Labute approximate surface area is 120 Å². The van der Waals surface area contributed by atoms with Crippen LogP contribution in [0.5, 0.6) is 5.75 Å².